The highest BCUT2D eigenvalue weighted by Crippen LogP contribution is 2.20. The lowest BCUT2D eigenvalue weighted by Gasteiger charge is -2.02. The number of hydrazine groups is 1. The van der Waals surface area contributed by atoms with Gasteiger partial charge in [-0.15, -0.1) is 11.8 Å². The molecule has 0 atom stereocenters. The van der Waals surface area contributed by atoms with E-state index in [-0.39, 0.29) is 11.7 Å². The number of thioether (sulfide) groups is 1. The topological polar surface area (TPSA) is 55.1 Å². The van der Waals surface area contributed by atoms with Crippen LogP contribution in [0.1, 0.15) is 25.7 Å². The summed E-state index contributed by atoms with van der Waals surface area (Å²) in [6.07, 6.45) is 3.31. The van der Waals surface area contributed by atoms with Gasteiger partial charge < -0.3 is 0 Å². The number of unbranched alkanes of at least 4 members (excludes halogenated alkanes) is 2. The van der Waals surface area contributed by atoms with E-state index >= 15 is 0 Å². The molecule has 17 heavy (non-hydrogen) atoms. The van der Waals surface area contributed by atoms with E-state index in [2.05, 4.69) is 5.43 Å². The van der Waals surface area contributed by atoms with Gasteiger partial charge in [0.1, 0.15) is 5.82 Å². The molecule has 0 fully saturated rings. The zero-order valence-corrected chi connectivity index (χ0v) is 10.4. The summed E-state index contributed by atoms with van der Waals surface area (Å²) in [5, 5.41) is 0. The first-order valence-electron chi connectivity index (χ1n) is 5.60. The number of carbonyl (C=O) groups is 1. The fourth-order valence-corrected chi connectivity index (χ4v) is 2.34. The van der Waals surface area contributed by atoms with Gasteiger partial charge in [-0.3, -0.25) is 10.2 Å². The van der Waals surface area contributed by atoms with Crippen molar-refractivity contribution in [2.24, 2.45) is 5.84 Å². The van der Waals surface area contributed by atoms with E-state index in [0.717, 1.165) is 29.9 Å². The molecule has 0 heterocycles. The maximum Gasteiger partial charge on any atom is 0.233 e. The van der Waals surface area contributed by atoms with Crippen LogP contribution in [0.25, 0.3) is 0 Å². The van der Waals surface area contributed by atoms with Crippen LogP contribution in [-0.2, 0) is 4.79 Å². The van der Waals surface area contributed by atoms with Crippen molar-refractivity contribution in [2.45, 2.75) is 30.6 Å². The summed E-state index contributed by atoms with van der Waals surface area (Å²) in [5.74, 6) is 5.58. The number of amides is 1. The van der Waals surface area contributed by atoms with Crippen molar-refractivity contribution in [3.05, 3.63) is 30.1 Å². The summed E-state index contributed by atoms with van der Waals surface area (Å²) < 4.78 is 12.9. The molecule has 0 spiro atoms. The van der Waals surface area contributed by atoms with Crippen LogP contribution in [-0.4, -0.2) is 11.7 Å². The van der Waals surface area contributed by atoms with E-state index in [0.29, 0.717) is 6.42 Å². The van der Waals surface area contributed by atoms with Crippen LogP contribution in [0, 0.1) is 5.82 Å². The molecular weight excluding hydrogens is 239 g/mol. The van der Waals surface area contributed by atoms with Crippen molar-refractivity contribution in [3.63, 3.8) is 0 Å². The second-order valence-corrected chi connectivity index (χ2v) is 4.85. The van der Waals surface area contributed by atoms with Crippen LogP contribution in [0.4, 0.5) is 4.39 Å². The first kappa shape index (κ1) is 14.0. The number of hydrogen-bond donors (Lipinski definition) is 2. The minimum Gasteiger partial charge on any atom is -0.294 e. The Morgan fingerprint density at radius 1 is 1.35 bits per heavy atom. The van der Waals surface area contributed by atoms with E-state index in [4.69, 9.17) is 5.84 Å². The Balaban J connectivity index is 2.06. The van der Waals surface area contributed by atoms with E-state index in [1.54, 1.807) is 17.8 Å². The van der Waals surface area contributed by atoms with Crippen LogP contribution in [0.5, 0.6) is 0 Å². The lowest BCUT2D eigenvalue weighted by molar-refractivity contribution is -0.121. The molecule has 3 N–H and O–H groups in total. The summed E-state index contributed by atoms with van der Waals surface area (Å²) in [6.45, 7) is 0. The minimum atomic E-state index is -0.199. The lowest BCUT2D eigenvalue weighted by atomic mass is 10.2. The van der Waals surface area contributed by atoms with E-state index in [9.17, 15) is 9.18 Å². The predicted octanol–water partition coefficient (Wildman–Crippen LogP) is 2.47. The van der Waals surface area contributed by atoms with Gasteiger partial charge in [0.2, 0.25) is 5.91 Å². The van der Waals surface area contributed by atoms with Gasteiger partial charge in [0.15, 0.2) is 0 Å². The number of halogens is 1. The molecule has 0 aliphatic rings. The molecule has 5 heteroatoms. The van der Waals surface area contributed by atoms with Crippen molar-refractivity contribution in [1.82, 2.24) is 5.43 Å². The maximum atomic E-state index is 12.9. The van der Waals surface area contributed by atoms with Crippen molar-refractivity contribution >= 4 is 17.7 Å². The Bertz CT molecular complexity index is 360. The van der Waals surface area contributed by atoms with Crippen LogP contribution >= 0.6 is 11.8 Å². The molecule has 0 saturated heterocycles. The Morgan fingerprint density at radius 2 is 2.18 bits per heavy atom. The highest BCUT2D eigenvalue weighted by Gasteiger charge is 1.99. The average Bonchev–Trinajstić information content (AvgIpc) is 2.33. The summed E-state index contributed by atoms with van der Waals surface area (Å²) in [7, 11) is 0. The first-order chi connectivity index (χ1) is 8.22. The van der Waals surface area contributed by atoms with Gasteiger partial charge >= 0.3 is 0 Å². The van der Waals surface area contributed by atoms with Crippen LogP contribution in [0.2, 0.25) is 0 Å². The Kier molecular flexibility index (Phi) is 6.65. The van der Waals surface area contributed by atoms with Crippen molar-refractivity contribution in [3.8, 4) is 0 Å². The summed E-state index contributed by atoms with van der Waals surface area (Å²) in [4.78, 5) is 11.8. The molecule has 0 saturated carbocycles. The Labute approximate surface area is 105 Å². The zero-order chi connectivity index (χ0) is 12.5. The molecule has 0 bridgehead atoms. The largest absolute Gasteiger partial charge is 0.294 e. The van der Waals surface area contributed by atoms with Gasteiger partial charge in [0.05, 0.1) is 0 Å². The van der Waals surface area contributed by atoms with Crippen LogP contribution in [0.3, 0.4) is 0 Å². The molecule has 1 aromatic rings. The highest BCUT2D eigenvalue weighted by atomic mass is 32.2. The molecule has 0 aliphatic carbocycles. The van der Waals surface area contributed by atoms with Gasteiger partial charge in [-0.25, -0.2) is 10.2 Å². The molecule has 3 nitrogen and oxygen atoms in total. The lowest BCUT2D eigenvalue weighted by Crippen LogP contribution is -2.29. The van der Waals surface area contributed by atoms with Gasteiger partial charge in [0, 0.05) is 11.3 Å². The molecule has 1 amide bonds. The third-order valence-corrected chi connectivity index (χ3v) is 3.35. The average molecular weight is 256 g/mol. The van der Waals surface area contributed by atoms with E-state index < -0.39 is 0 Å². The number of benzene rings is 1. The van der Waals surface area contributed by atoms with E-state index in [1.807, 2.05) is 6.07 Å². The highest BCUT2D eigenvalue weighted by molar-refractivity contribution is 7.99. The second-order valence-electron chi connectivity index (χ2n) is 3.68. The van der Waals surface area contributed by atoms with Gasteiger partial charge in [-0.1, -0.05) is 12.5 Å². The third kappa shape index (κ3) is 6.28. The quantitative estimate of drug-likeness (QED) is 0.259. The van der Waals surface area contributed by atoms with Crippen molar-refractivity contribution in [2.75, 3.05) is 5.75 Å². The van der Waals surface area contributed by atoms with Gasteiger partial charge in [-0.2, -0.15) is 0 Å². The monoisotopic (exact) mass is 256 g/mol. The normalized spacial score (nSPS) is 10.2. The second kappa shape index (κ2) is 8.08. The molecular formula is C12H17FN2OS. The fraction of sp³-hybridized carbons (Fsp3) is 0.417. The molecule has 1 rings (SSSR count). The zero-order valence-electron chi connectivity index (χ0n) is 9.62. The predicted molar refractivity (Wildman–Crippen MR) is 67.9 cm³/mol. The standard InChI is InChI=1S/C12H17FN2OS/c13-10-5-4-6-11(9-10)17-8-3-1-2-7-12(16)15-14/h4-6,9H,1-3,7-8,14H2,(H,15,16). The minimum absolute atomic E-state index is 0.122. The molecule has 1 aromatic carbocycles. The van der Waals surface area contributed by atoms with Gasteiger partial charge in [-0.05, 0) is 36.8 Å². The van der Waals surface area contributed by atoms with Crippen LogP contribution in [0.15, 0.2) is 29.2 Å². The maximum absolute atomic E-state index is 12.9. The third-order valence-electron chi connectivity index (χ3n) is 2.27. The van der Waals surface area contributed by atoms with Crippen LogP contribution < -0.4 is 11.3 Å². The summed E-state index contributed by atoms with van der Waals surface area (Å²) in [5.41, 5.74) is 2.10. The number of rotatable bonds is 7. The van der Waals surface area contributed by atoms with Crippen molar-refractivity contribution < 1.29 is 9.18 Å². The number of carbonyl (C=O) groups excluding carboxylic acids is 1. The number of nitrogens with one attached hydrogen (secondary N) is 1. The summed E-state index contributed by atoms with van der Waals surface area (Å²) >= 11 is 1.63. The number of nitrogens with two attached hydrogens (primary N) is 1. The Morgan fingerprint density at radius 3 is 2.88 bits per heavy atom. The van der Waals surface area contributed by atoms with Crippen molar-refractivity contribution in [1.29, 1.82) is 0 Å². The smallest absolute Gasteiger partial charge is 0.233 e. The number of hydrogen-bond acceptors (Lipinski definition) is 3. The first-order valence-corrected chi connectivity index (χ1v) is 6.59. The SMILES string of the molecule is NNC(=O)CCCCCSc1cccc(F)c1. The molecule has 94 valence electrons. The summed E-state index contributed by atoms with van der Waals surface area (Å²) in [6, 6.07) is 6.58. The Hall–Kier alpha value is -1.07. The molecule has 0 radical (unpaired) electrons. The van der Waals surface area contributed by atoms with Gasteiger partial charge in [0.25, 0.3) is 0 Å². The molecule has 0 aromatic heterocycles. The molecule has 0 unspecified atom stereocenters. The molecule has 0 aliphatic heterocycles. The van der Waals surface area contributed by atoms with E-state index in [1.165, 1.54) is 12.1 Å². The fourth-order valence-electron chi connectivity index (χ4n) is 1.38.